The van der Waals surface area contributed by atoms with Crippen LogP contribution in [-0.2, 0) is 11.3 Å². The SMILES string of the molecule is C[C@@H](C#C[C@H](O)C1CCCCC1)OCc1ccccc1. The molecule has 20 heavy (non-hydrogen) atoms. The molecule has 0 aliphatic heterocycles. The second kappa shape index (κ2) is 8.09. The molecule has 0 heterocycles. The van der Waals surface area contributed by atoms with Gasteiger partial charge in [0.15, 0.2) is 0 Å². The van der Waals surface area contributed by atoms with E-state index in [0.717, 1.165) is 18.4 Å². The second-order valence-electron chi connectivity index (χ2n) is 5.57. The van der Waals surface area contributed by atoms with Gasteiger partial charge >= 0.3 is 0 Å². The third-order valence-electron chi connectivity index (χ3n) is 3.87. The van der Waals surface area contributed by atoms with Crippen molar-refractivity contribution in [2.45, 2.75) is 57.8 Å². The van der Waals surface area contributed by atoms with Gasteiger partial charge in [0.05, 0.1) is 6.61 Å². The van der Waals surface area contributed by atoms with Crippen molar-refractivity contribution in [2.75, 3.05) is 0 Å². The number of aliphatic hydroxyl groups is 1. The Hall–Kier alpha value is -1.30. The summed E-state index contributed by atoms with van der Waals surface area (Å²) in [5.74, 6) is 6.36. The molecule has 0 unspecified atom stereocenters. The standard InChI is InChI=1S/C18H24O2/c1-15(20-14-16-8-4-2-5-9-16)12-13-18(19)17-10-6-3-7-11-17/h2,4-5,8-9,15,17-19H,3,6-7,10-11,14H2,1H3/t15-,18-/m0/s1. The van der Waals surface area contributed by atoms with E-state index in [2.05, 4.69) is 11.8 Å². The summed E-state index contributed by atoms with van der Waals surface area (Å²) in [6.07, 6.45) is 5.33. The Morgan fingerprint density at radius 2 is 1.85 bits per heavy atom. The Balaban J connectivity index is 1.76. The van der Waals surface area contributed by atoms with E-state index in [1.165, 1.54) is 19.3 Å². The predicted molar refractivity (Wildman–Crippen MR) is 81.1 cm³/mol. The second-order valence-corrected chi connectivity index (χ2v) is 5.57. The van der Waals surface area contributed by atoms with E-state index in [9.17, 15) is 5.11 Å². The fraction of sp³-hybridized carbons (Fsp3) is 0.556. The molecule has 2 rings (SSSR count). The maximum atomic E-state index is 10.1. The lowest BCUT2D eigenvalue weighted by molar-refractivity contribution is 0.0887. The lowest BCUT2D eigenvalue weighted by Crippen LogP contribution is -2.21. The first-order valence-corrected chi connectivity index (χ1v) is 7.60. The highest BCUT2D eigenvalue weighted by atomic mass is 16.5. The molecule has 0 saturated heterocycles. The van der Waals surface area contributed by atoms with Gasteiger partial charge in [0, 0.05) is 0 Å². The minimum Gasteiger partial charge on any atom is -0.380 e. The van der Waals surface area contributed by atoms with Crippen LogP contribution in [0.4, 0.5) is 0 Å². The van der Waals surface area contributed by atoms with Gasteiger partial charge in [-0.2, -0.15) is 0 Å². The van der Waals surface area contributed by atoms with Crippen LogP contribution >= 0.6 is 0 Å². The third-order valence-corrected chi connectivity index (χ3v) is 3.87. The normalized spacial score (nSPS) is 18.9. The molecule has 0 amide bonds. The smallest absolute Gasteiger partial charge is 0.117 e. The van der Waals surface area contributed by atoms with E-state index in [0.29, 0.717) is 12.5 Å². The van der Waals surface area contributed by atoms with Gasteiger partial charge < -0.3 is 9.84 Å². The van der Waals surface area contributed by atoms with Crippen molar-refractivity contribution in [2.24, 2.45) is 5.92 Å². The Labute approximate surface area is 122 Å². The fourth-order valence-electron chi connectivity index (χ4n) is 2.61. The number of benzene rings is 1. The molecule has 0 aromatic heterocycles. The molecule has 1 N–H and O–H groups in total. The molecule has 2 heteroatoms. The lowest BCUT2D eigenvalue weighted by atomic mass is 9.85. The van der Waals surface area contributed by atoms with Crippen LogP contribution in [0.25, 0.3) is 0 Å². The molecule has 1 saturated carbocycles. The Kier molecular flexibility index (Phi) is 6.11. The average molecular weight is 272 g/mol. The first-order valence-electron chi connectivity index (χ1n) is 7.60. The van der Waals surface area contributed by atoms with Crippen molar-refractivity contribution < 1.29 is 9.84 Å². The molecule has 0 radical (unpaired) electrons. The van der Waals surface area contributed by atoms with Crippen LogP contribution in [0, 0.1) is 17.8 Å². The third kappa shape index (κ3) is 5.00. The molecule has 1 aliphatic carbocycles. The summed E-state index contributed by atoms with van der Waals surface area (Å²) in [7, 11) is 0. The van der Waals surface area contributed by atoms with E-state index in [-0.39, 0.29) is 6.10 Å². The summed E-state index contributed by atoms with van der Waals surface area (Å²) < 4.78 is 5.68. The molecule has 1 aliphatic rings. The molecule has 1 fully saturated rings. The van der Waals surface area contributed by atoms with Gasteiger partial charge in [-0.25, -0.2) is 0 Å². The van der Waals surface area contributed by atoms with Crippen LogP contribution in [0.3, 0.4) is 0 Å². The first-order chi connectivity index (χ1) is 9.75. The highest BCUT2D eigenvalue weighted by Crippen LogP contribution is 2.26. The highest BCUT2D eigenvalue weighted by Gasteiger charge is 2.19. The Morgan fingerprint density at radius 1 is 1.15 bits per heavy atom. The van der Waals surface area contributed by atoms with Crippen LogP contribution in [0.15, 0.2) is 30.3 Å². The predicted octanol–water partition coefficient (Wildman–Crippen LogP) is 3.54. The monoisotopic (exact) mass is 272 g/mol. The quantitative estimate of drug-likeness (QED) is 0.850. The van der Waals surface area contributed by atoms with Crippen LogP contribution in [0.1, 0.15) is 44.6 Å². The maximum Gasteiger partial charge on any atom is 0.117 e. The van der Waals surface area contributed by atoms with Gasteiger partial charge in [0.2, 0.25) is 0 Å². The highest BCUT2D eigenvalue weighted by molar-refractivity contribution is 5.14. The zero-order valence-corrected chi connectivity index (χ0v) is 12.2. The summed E-state index contributed by atoms with van der Waals surface area (Å²) in [4.78, 5) is 0. The largest absolute Gasteiger partial charge is 0.380 e. The van der Waals surface area contributed by atoms with E-state index >= 15 is 0 Å². The minimum atomic E-state index is -0.488. The van der Waals surface area contributed by atoms with E-state index < -0.39 is 6.10 Å². The van der Waals surface area contributed by atoms with Crippen LogP contribution in [0.2, 0.25) is 0 Å². The zero-order chi connectivity index (χ0) is 14.2. The molecule has 1 aromatic rings. The summed E-state index contributed by atoms with van der Waals surface area (Å²) >= 11 is 0. The first kappa shape index (κ1) is 15.1. The fourth-order valence-corrected chi connectivity index (χ4v) is 2.61. The van der Waals surface area contributed by atoms with Crippen molar-refractivity contribution in [1.29, 1.82) is 0 Å². The number of hydrogen-bond acceptors (Lipinski definition) is 2. The van der Waals surface area contributed by atoms with Gasteiger partial charge in [-0.1, -0.05) is 61.4 Å². The van der Waals surface area contributed by atoms with E-state index in [1.807, 2.05) is 37.3 Å². The molecular weight excluding hydrogens is 248 g/mol. The van der Waals surface area contributed by atoms with Gasteiger partial charge in [0.1, 0.15) is 12.2 Å². The van der Waals surface area contributed by atoms with Crippen molar-refractivity contribution >= 4 is 0 Å². The summed E-state index contributed by atoms with van der Waals surface area (Å²) in [6, 6.07) is 10.1. The molecule has 2 atom stereocenters. The van der Waals surface area contributed by atoms with E-state index in [4.69, 9.17) is 4.74 Å². The topological polar surface area (TPSA) is 29.5 Å². The summed E-state index contributed by atoms with van der Waals surface area (Å²) in [6.45, 7) is 2.50. The van der Waals surface area contributed by atoms with Gasteiger partial charge in [0.25, 0.3) is 0 Å². The number of aliphatic hydroxyl groups excluding tert-OH is 1. The number of hydrogen-bond donors (Lipinski definition) is 1. The van der Waals surface area contributed by atoms with Crippen LogP contribution in [-0.4, -0.2) is 17.3 Å². The van der Waals surface area contributed by atoms with Crippen molar-refractivity contribution in [3.63, 3.8) is 0 Å². The van der Waals surface area contributed by atoms with Gasteiger partial charge in [-0.15, -0.1) is 0 Å². The average Bonchev–Trinajstić information content (AvgIpc) is 2.52. The molecule has 0 spiro atoms. The molecule has 2 nitrogen and oxygen atoms in total. The Bertz CT molecular complexity index is 437. The molecule has 108 valence electrons. The minimum absolute atomic E-state index is 0.145. The van der Waals surface area contributed by atoms with Gasteiger partial charge in [-0.3, -0.25) is 0 Å². The zero-order valence-electron chi connectivity index (χ0n) is 12.2. The maximum absolute atomic E-state index is 10.1. The summed E-state index contributed by atoms with van der Waals surface area (Å²) in [5, 5.41) is 10.1. The molecule has 0 bridgehead atoms. The number of rotatable bonds is 4. The molecular formula is C18H24O2. The van der Waals surface area contributed by atoms with Gasteiger partial charge in [-0.05, 0) is 31.2 Å². The van der Waals surface area contributed by atoms with Crippen molar-refractivity contribution in [1.82, 2.24) is 0 Å². The van der Waals surface area contributed by atoms with Crippen molar-refractivity contribution in [3.8, 4) is 11.8 Å². The van der Waals surface area contributed by atoms with Crippen LogP contribution < -0.4 is 0 Å². The Morgan fingerprint density at radius 3 is 2.55 bits per heavy atom. The van der Waals surface area contributed by atoms with E-state index in [1.54, 1.807) is 0 Å². The molecule has 1 aromatic carbocycles. The lowest BCUT2D eigenvalue weighted by Gasteiger charge is -2.23. The number of ether oxygens (including phenoxy) is 1. The van der Waals surface area contributed by atoms with Crippen molar-refractivity contribution in [3.05, 3.63) is 35.9 Å². The van der Waals surface area contributed by atoms with Crippen LogP contribution in [0.5, 0.6) is 0 Å². The summed E-state index contributed by atoms with van der Waals surface area (Å²) in [5.41, 5.74) is 1.15.